The van der Waals surface area contributed by atoms with E-state index in [-0.39, 0.29) is 0 Å². The van der Waals surface area contributed by atoms with Gasteiger partial charge in [-0.3, -0.25) is 19.3 Å². The largest absolute Gasteiger partial charge is 0.480 e. The van der Waals surface area contributed by atoms with Gasteiger partial charge in [0, 0.05) is 25.9 Å². The third-order valence-corrected chi connectivity index (χ3v) is 4.98. The summed E-state index contributed by atoms with van der Waals surface area (Å²) in [6, 6.07) is 8.57. The first kappa shape index (κ1) is 15.6. The molecule has 1 aliphatic heterocycles. The maximum atomic E-state index is 12.6. The Morgan fingerprint density at radius 2 is 1.91 bits per heavy atom. The molecule has 5 nitrogen and oxygen atoms in total. The molecule has 0 fully saturated rings. The zero-order valence-corrected chi connectivity index (χ0v) is 14.1. The highest BCUT2D eigenvalue weighted by Gasteiger charge is 2.35. The van der Waals surface area contributed by atoms with Crippen LogP contribution in [0.1, 0.15) is 20.8 Å². The van der Waals surface area contributed by atoms with Gasteiger partial charge in [0.25, 0.3) is 11.8 Å². The summed E-state index contributed by atoms with van der Waals surface area (Å²) in [5, 5.41) is 10.8. The van der Waals surface area contributed by atoms with Crippen molar-refractivity contribution in [1.29, 1.82) is 0 Å². The predicted molar refractivity (Wildman–Crippen MR) is 90.0 cm³/mol. The monoisotopic (exact) mass is 391 g/mol. The van der Waals surface area contributed by atoms with Gasteiger partial charge in [-0.1, -0.05) is 18.2 Å². The van der Waals surface area contributed by atoms with Crippen LogP contribution in [0.4, 0.5) is 0 Å². The van der Waals surface area contributed by atoms with Gasteiger partial charge in [0.15, 0.2) is 0 Å². The van der Waals surface area contributed by atoms with E-state index >= 15 is 0 Å². The van der Waals surface area contributed by atoms with Gasteiger partial charge in [0.1, 0.15) is 6.54 Å². The zero-order valence-electron chi connectivity index (χ0n) is 11.7. The van der Waals surface area contributed by atoms with E-state index in [0.717, 1.165) is 14.2 Å². The van der Waals surface area contributed by atoms with Crippen molar-refractivity contribution in [2.75, 3.05) is 6.54 Å². The number of carboxylic acid groups (broad SMARTS) is 1. The Morgan fingerprint density at radius 3 is 2.52 bits per heavy atom. The number of halogens is 1. The number of carboxylic acids is 1. The number of thiophene rings is 1. The summed E-state index contributed by atoms with van der Waals surface area (Å²) in [5.41, 5.74) is 1.17. The summed E-state index contributed by atoms with van der Waals surface area (Å²) < 4.78 is 0.893. The zero-order chi connectivity index (χ0) is 16.6. The van der Waals surface area contributed by atoms with Crippen LogP contribution in [0.2, 0.25) is 0 Å². The first-order valence-electron chi connectivity index (χ1n) is 6.60. The number of benzene rings is 1. The lowest BCUT2D eigenvalue weighted by Crippen LogP contribution is -2.44. The van der Waals surface area contributed by atoms with Crippen molar-refractivity contribution in [2.45, 2.75) is 0 Å². The van der Waals surface area contributed by atoms with Crippen molar-refractivity contribution in [1.82, 2.24) is 4.90 Å². The van der Waals surface area contributed by atoms with Crippen molar-refractivity contribution < 1.29 is 19.5 Å². The lowest BCUT2D eigenvalue weighted by Gasteiger charge is -2.27. The second-order valence-corrected chi connectivity index (χ2v) is 6.72. The second kappa shape index (κ2) is 6.10. The number of rotatable bonds is 3. The Labute approximate surface area is 144 Å². The molecular weight excluding hydrogens is 382 g/mol. The highest BCUT2D eigenvalue weighted by molar-refractivity contribution is 9.10. The molecule has 0 saturated heterocycles. The van der Waals surface area contributed by atoms with E-state index in [1.807, 2.05) is 11.4 Å². The van der Waals surface area contributed by atoms with E-state index in [4.69, 9.17) is 5.11 Å². The number of hydrogen-bond acceptors (Lipinski definition) is 4. The van der Waals surface area contributed by atoms with Crippen molar-refractivity contribution in [3.8, 4) is 0 Å². The highest BCUT2D eigenvalue weighted by atomic mass is 79.9. The van der Waals surface area contributed by atoms with Crippen molar-refractivity contribution in [3.05, 3.63) is 56.2 Å². The molecule has 2 aromatic rings. The van der Waals surface area contributed by atoms with Crippen LogP contribution in [-0.4, -0.2) is 34.3 Å². The molecule has 0 atom stereocenters. The second-order valence-electron chi connectivity index (χ2n) is 4.86. The average molecular weight is 392 g/mol. The molecule has 7 heteroatoms. The Kier molecular flexibility index (Phi) is 4.14. The third kappa shape index (κ3) is 2.97. The topological polar surface area (TPSA) is 74.7 Å². The molecule has 3 rings (SSSR count). The number of aliphatic carboxylic acids is 1. The van der Waals surface area contributed by atoms with E-state index in [2.05, 4.69) is 15.9 Å². The summed E-state index contributed by atoms with van der Waals surface area (Å²) in [6.07, 6.45) is 1.68. The average Bonchev–Trinajstić information content (AvgIpc) is 2.93. The smallest absolute Gasteiger partial charge is 0.323 e. The van der Waals surface area contributed by atoms with Gasteiger partial charge in [-0.2, -0.15) is 0 Å². The van der Waals surface area contributed by atoms with Crippen LogP contribution < -0.4 is 0 Å². The minimum atomic E-state index is -1.23. The predicted octanol–water partition coefficient (Wildman–Crippen LogP) is 3.12. The van der Waals surface area contributed by atoms with Crippen molar-refractivity contribution >= 4 is 56.7 Å². The van der Waals surface area contributed by atoms with Gasteiger partial charge in [0.2, 0.25) is 0 Å². The summed E-state index contributed by atoms with van der Waals surface area (Å²) >= 11 is 4.79. The van der Waals surface area contributed by atoms with Crippen LogP contribution in [0.3, 0.4) is 0 Å². The van der Waals surface area contributed by atoms with Gasteiger partial charge in [-0.15, -0.1) is 11.3 Å². The first-order chi connectivity index (χ1) is 11.0. The fourth-order valence-corrected chi connectivity index (χ4v) is 3.74. The number of amides is 2. The van der Waals surface area contributed by atoms with Crippen LogP contribution in [0.25, 0.3) is 11.6 Å². The van der Waals surface area contributed by atoms with E-state index in [9.17, 15) is 14.4 Å². The Morgan fingerprint density at radius 1 is 1.22 bits per heavy atom. The van der Waals surface area contributed by atoms with E-state index in [1.54, 1.807) is 30.3 Å². The van der Waals surface area contributed by atoms with Crippen LogP contribution in [0.5, 0.6) is 0 Å². The number of fused-ring (bicyclic) bond motifs is 1. The van der Waals surface area contributed by atoms with Crippen LogP contribution in [-0.2, 0) is 9.59 Å². The molecule has 2 heterocycles. The number of imide groups is 1. The lowest BCUT2D eigenvalue weighted by molar-refractivity contribution is -0.141. The molecule has 0 aliphatic carbocycles. The van der Waals surface area contributed by atoms with E-state index in [1.165, 1.54) is 11.3 Å². The Balaban J connectivity index is 2.15. The maximum Gasteiger partial charge on any atom is 0.323 e. The van der Waals surface area contributed by atoms with E-state index < -0.39 is 24.3 Å². The van der Waals surface area contributed by atoms with Gasteiger partial charge in [-0.05, 0) is 39.7 Å². The summed E-state index contributed by atoms with van der Waals surface area (Å²) in [4.78, 5) is 37.6. The Bertz CT molecular complexity index is 855. The lowest BCUT2D eigenvalue weighted by atomic mass is 9.93. The number of nitrogens with zero attached hydrogens (tertiary/aromatic N) is 1. The molecule has 116 valence electrons. The molecule has 0 bridgehead atoms. The fourth-order valence-electron chi connectivity index (χ4n) is 2.37. The van der Waals surface area contributed by atoms with Crippen molar-refractivity contribution in [2.24, 2.45) is 0 Å². The third-order valence-electron chi connectivity index (χ3n) is 3.34. The fraction of sp³-hybridized carbons (Fsp3) is 0.0625. The molecule has 23 heavy (non-hydrogen) atoms. The van der Waals surface area contributed by atoms with Gasteiger partial charge in [0.05, 0.1) is 0 Å². The SMILES string of the molecule is O=C(O)CN1C(=O)C(=Cc2cc(Br)cs2)c2ccccc2C1=O. The van der Waals surface area contributed by atoms with Gasteiger partial charge >= 0.3 is 5.97 Å². The summed E-state index contributed by atoms with van der Waals surface area (Å²) in [7, 11) is 0. The van der Waals surface area contributed by atoms with Crippen LogP contribution in [0, 0.1) is 0 Å². The highest BCUT2D eigenvalue weighted by Crippen LogP contribution is 2.32. The van der Waals surface area contributed by atoms with Crippen LogP contribution in [0.15, 0.2) is 40.2 Å². The Hall–Kier alpha value is -2.25. The molecule has 0 spiro atoms. The molecule has 1 aromatic carbocycles. The van der Waals surface area contributed by atoms with Gasteiger partial charge in [-0.25, -0.2) is 0 Å². The quantitative estimate of drug-likeness (QED) is 0.644. The molecule has 1 aromatic heterocycles. The molecule has 0 radical (unpaired) electrons. The van der Waals surface area contributed by atoms with Crippen molar-refractivity contribution in [3.63, 3.8) is 0 Å². The molecule has 1 aliphatic rings. The molecular formula is C16H10BrNO4S. The molecule has 0 unspecified atom stereocenters. The maximum absolute atomic E-state index is 12.6. The standard InChI is InChI=1S/C16H10BrNO4S/c17-9-5-10(23-8-9)6-13-11-3-1-2-4-12(11)15(21)18(16(13)22)7-14(19)20/h1-6,8H,7H2,(H,19,20). The normalized spacial score (nSPS) is 15.9. The van der Waals surface area contributed by atoms with Crippen LogP contribution >= 0.6 is 27.3 Å². The number of hydrogen-bond donors (Lipinski definition) is 1. The number of carbonyl (C=O) groups is 3. The first-order valence-corrected chi connectivity index (χ1v) is 8.28. The minimum Gasteiger partial charge on any atom is -0.480 e. The van der Waals surface area contributed by atoms with E-state index in [0.29, 0.717) is 16.7 Å². The molecule has 1 N–H and O–H groups in total. The summed E-state index contributed by atoms with van der Waals surface area (Å²) in [5.74, 6) is -2.41. The number of carbonyl (C=O) groups excluding carboxylic acids is 2. The minimum absolute atomic E-state index is 0.316. The summed E-state index contributed by atoms with van der Waals surface area (Å²) in [6.45, 7) is -0.655. The van der Waals surface area contributed by atoms with Gasteiger partial charge < -0.3 is 5.11 Å². The molecule has 2 amide bonds. The molecule has 0 saturated carbocycles.